The molecule has 0 saturated heterocycles. The number of aryl methyl sites for hydroxylation is 2. The van der Waals surface area contributed by atoms with Crippen molar-refractivity contribution in [2.75, 3.05) is 5.73 Å². The zero-order chi connectivity index (χ0) is 13.6. The number of nitrogens with two attached hydrogens (primary N) is 1. The molecule has 0 amide bonds. The first kappa shape index (κ1) is 11.8. The smallest absolute Gasteiger partial charge is 0.139 e. The van der Waals surface area contributed by atoms with E-state index in [9.17, 15) is 0 Å². The van der Waals surface area contributed by atoms with Crippen LogP contribution in [0, 0.1) is 20.8 Å². The topological polar surface area (TPSA) is 43.3 Å². The lowest BCUT2D eigenvalue weighted by molar-refractivity contribution is 1.18. The van der Waals surface area contributed by atoms with Crippen LogP contribution in [0.4, 0.5) is 5.82 Å². The van der Waals surface area contributed by atoms with E-state index >= 15 is 0 Å². The Labute approximate surface area is 112 Å². The summed E-state index contributed by atoms with van der Waals surface area (Å²) in [6.45, 7) is 6.27. The van der Waals surface area contributed by atoms with Gasteiger partial charge >= 0.3 is 0 Å². The van der Waals surface area contributed by atoms with Crippen LogP contribution in [0.3, 0.4) is 0 Å². The fourth-order valence-electron chi connectivity index (χ4n) is 2.37. The standard InChI is InChI=1S/C16H17N3/c1-10-7-8-19-14(9-10)18-15(16(19)17)13-6-4-5-11(2)12(13)3/h4-9H,17H2,1-3H3. The number of imidazole rings is 1. The van der Waals surface area contributed by atoms with Crippen LogP contribution in [0.15, 0.2) is 36.5 Å². The molecule has 3 nitrogen and oxygen atoms in total. The first-order chi connectivity index (χ1) is 9.08. The van der Waals surface area contributed by atoms with Gasteiger partial charge in [-0.3, -0.25) is 4.40 Å². The number of aromatic nitrogens is 2. The van der Waals surface area contributed by atoms with E-state index in [1.807, 2.05) is 28.8 Å². The van der Waals surface area contributed by atoms with E-state index in [4.69, 9.17) is 5.73 Å². The third-order valence-electron chi connectivity index (χ3n) is 3.68. The molecule has 0 radical (unpaired) electrons. The highest BCUT2D eigenvalue weighted by Gasteiger charge is 2.13. The Balaban J connectivity index is 2.31. The average Bonchev–Trinajstić information content (AvgIpc) is 2.69. The van der Waals surface area contributed by atoms with Crippen LogP contribution < -0.4 is 5.73 Å². The van der Waals surface area contributed by atoms with Crippen LogP contribution in [0.1, 0.15) is 16.7 Å². The molecule has 3 heteroatoms. The predicted molar refractivity (Wildman–Crippen MR) is 79.3 cm³/mol. The molecule has 0 aliphatic rings. The molecule has 0 bridgehead atoms. The first-order valence-electron chi connectivity index (χ1n) is 6.38. The molecule has 0 spiro atoms. The number of fused-ring (bicyclic) bond motifs is 1. The quantitative estimate of drug-likeness (QED) is 0.719. The fraction of sp³-hybridized carbons (Fsp3) is 0.188. The van der Waals surface area contributed by atoms with Crippen LogP contribution in [0.2, 0.25) is 0 Å². The van der Waals surface area contributed by atoms with E-state index in [0.717, 1.165) is 16.9 Å². The Kier molecular flexibility index (Phi) is 2.56. The molecule has 0 fully saturated rings. The number of hydrogen-bond acceptors (Lipinski definition) is 2. The summed E-state index contributed by atoms with van der Waals surface area (Å²) in [6.07, 6.45) is 1.97. The van der Waals surface area contributed by atoms with Gasteiger partial charge in [0.25, 0.3) is 0 Å². The largest absolute Gasteiger partial charge is 0.383 e. The molecule has 0 aliphatic heterocycles. The van der Waals surface area contributed by atoms with E-state index in [1.54, 1.807) is 0 Å². The molecule has 2 aromatic heterocycles. The monoisotopic (exact) mass is 251 g/mol. The lowest BCUT2D eigenvalue weighted by atomic mass is 10.0. The number of rotatable bonds is 1. The van der Waals surface area contributed by atoms with Crippen molar-refractivity contribution in [3.8, 4) is 11.3 Å². The second-order valence-corrected chi connectivity index (χ2v) is 5.03. The lowest BCUT2D eigenvalue weighted by Gasteiger charge is -2.06. The Morgan fingerprint density at radius 3 is 2.68 bits per heavy atom. The number of benzene rings is 1. The van der Waals surface area contributed by atoms with Gasteiger partial charge in [0, 0.05) is 11.8 Å². The van der Waals surface area contributed by atoms with Crippen LogP contribution >= 0.6 is 0 Å². The SMILES string of the molecule is Cc1ccn2c(N)c(-c3cccc(C)c3C)nc2c1. The van der Waals surface area contributed by atoms with Crippen molar-refractivity contribution in [3.05, 3.63) is 53.2 Å². The van der Waals surface area contributed by atoms with E-state index in [-0.39, 0.29) is 0 Å². The highest BCUT2D eigenvalue weighted by molar-refractivity contribution is 5.77. The summed E-state index contributed by atoms with van der Waals surface area (Å²) in [6, 6.07) is 10.3. The van der Waals surface area contributed by atoms with Crippen molar-refractivity contribution in [1.82, 2.24) is 9.38 Å². The van der Waals surface area contributed by atoms with Crippen molar-refractivity contribution in [1.29, 1.82) is 0 Å². The summed E-state index contributed by atoms with van der Waals surface area (Å²) in [5, 5.41) is 0. The minimum absolute atomic E-state index is 0.698. The first-order valence-corrected chi connectivity index (χ1v) is 6.38. The molecule has 0 saturated carbocycles. The Morgan fingerprint density at radius 1 is 1.11 bits per heavy atom. The lowest BCUT2D eigenvalue weighted by Crippen LogP contribution is -1.95. The molecule has 0 atom stereocenters. The molecule has 2 heterocycles. The van der Waals surface area contributed by atoms with Gasteiger partial charge in [-0.25, -0.2) is 4.98 Å². The summed E-state index contributed by atoms with van der Waals surface area (Å²) in [4.78, 5) is 4.68. The number of pyridine rings is 1. The molecule has 1 aromatic carbocycles. The van der Waals surface area contributed by atoms with Gasteiger partial charge in [0.2, 0.25) is 0 Å². The maximum atomic E-state index is 6.24. The van der Waals surface area contributed by atoms with E-state index in [2.05, 4.69) is 37.9 Å². The molecule has 19 heavy (non-hydrogen) atoms. The van der Waals surface area contributed by atoms with Gasteiger partial charge in [-0.2, -0.15) is 0 Å². The predicted octanol–water partition coefficient (Wildman–Crippen LogP) is 3.51. The van der Waals surface area contributed by atoms with Gasteiger partial charge in [-0.1, -0.05) is 18.2 Å². The van der Waals surface area contributed by atoms with Gasteiger partial charge < -0.3 is 5.73 Å². The second-order valence-electron chi connectivity index (χ2n) is 5.03. The zero-order valence-corrected chi connectivity index (χ0v) is 11.4. The second kappa shape index (κ2) is 4.12. The Hall–Kier alpha value is -2.29. The summed E-state index contributed by atoms with van der Waals surface area (Å²) in [5.74, 6) is 0.698. The van der Waals surface area contributed by atoms with Crippen LogP contribution in [0.5, 0.6) is 0 Å². The van der Waals surface area contributed by atoms with Gasteiger partial charge in [-0.05, 0) is 49.6 Å². The summed E-state index contributed by atoms with van der Waals surface area (Å²) in [5.41, 5.74) is 12.8. The third-order valence-corrected chi connectivity index (χ3v) is 3.68. The summed E-state index contributed by atoms with van der Waals surface area (Å²) in [7, 11) is 0. The van der Waals surface area contributed by atoms with E-state index in [1.165, 1.54) is 16.7 Å². The Morgan fingerprint density at radius 2 is 1.89 bits per heavy atom. The van der Waals surface area contributed by atoms with Crippen molar-refractivity contribution in [3.63, 3.8) is 0 Å². The number of nitrogen functional groups attached to an aromatic ring is 1. The van der Waals surface area contributed by atoms with Crippen molar-refractivity contribution in [2.24, 2.45) is 0 Å². The highest BCUT2D eigenvalue weighted by Crippen LogP contribution is 2.30. The molecule has 0 unspecified atom stereocenters. The number of nitrogens with zero attached hydrogens (tertiary/aromatic N) is 2. The minimum Gasteiger partial charge on any atom is -0.383 e. The van der Waals surface area contributed by atoms with E-state index < -0.39 is 0 Å². The molecule has 96 valence electrons. The molecule has 3 aromatic rings. The van der Waals surface area contributed by atoms with Gasteiger partial charge in [0.15, 0.2) is 0 Å². The van der Waals surface area contributed by atoms with Crippen LogP contribution in [0.25, 0.3) is 16.9 Å². The van der Waals surface area contributed by atoms with Crippen LogP contribution in [-0.2, 0) is 0 Å². The third kappa shape index (κ3) is 1.78. The van der Waals surface area contributed by atoms with E-state index in [0.29, 0.717) is 5.82 Å². The van der Waals surface area contributed by atoms with Crippen molar-refractivity contribution in [2.45, 2.75) is 20.8 Å². The summed E-state index contributed by atoms with van der Waals surface area (Å²) < 4.78 is 1.93. The van der Waals surface area contributed by atoms with Gasteiger partial charge in [0.05, 0.1) is 0 Å². The molecular formula is C16H17N3. The van der Waals surface area contributed by atoms with Crippen molar-refractivity contribution >= 4 is 11.5 Å². The van der Waals surface area contributed by atoms with Gasteiger partial charge in [-0.15, -0.1) is 0 Å². The normalized spacial score (nSPS) is 11.1. The molecule has 0 aliphatic carbocycles. The number of hydrogen-bond donors (Lipinski definition) is 1. The maximum Gasteiger partial charge on any atom is 0.139 e. The highest BCUT2D eigenvalue weighted by atomic mass is 15.1. The van der Waals surface area contributed by atoms with Crippen molar-refractivity contribution < 1.29 is 0 Å². The zero-order valence-electron chi connectivity index (χ0n) is 11.4. The van der Waals surface area contributed by atoms with Crippen LogP contribution in [-0.4, -0.2) is 9.38 Å². The molecule has 3 rings (SSSR count). The minimum atomic E-state index is 0.698. The van der Waals surface area contributed by atoms with Gasteiger partial charge in [0.1, 0.15) is 17.2 Å². The number of anilines is 1. The summed E-state index contributed by atoms with van der Waals surface area (Å²) >= 11 is 0. The molecular weight excluding hydrogens is 234 g/mol. The molecule has 2 N–H and O–H groups in total. The Bertz CT molecular complexity index is 769. The average molecular weight is 251 g/mol. The fourth-order valence-corrected chi connectivity index (χ4v) is 2.37. The maximum absolute atomic E-state index is 6.24.